The van der Waals surface area contributed by atoms with Crippen LogP contribution in [0.5, 0.6) is 0 Å². The third kappa shape index (κ3) is 4.04. The summed E-state index contributed by atoms with van der Waals surface area (Å²) >= 11 is 2.73. The summed E-state index contributed by atoms with van der Waals surface area (Å²) in [7, 11) is -3.67. The second kappa shape index (κ2) is 8.95. The minimum atomic E-state index is -3.67. The Bertz CT molecular complexity index is 1600. The van der Waals surface area contributed by atoms with Crippen LogP contribution in [0.25, 0.3) is 5.00 Å². The lowest BCUT2D eigenvalue weighted by molar-refractivity contribution is -0.141. The van der Waals surface area contributed by atoms with Crippen LogP contribution in [0.3, 0.4) is 0 Å². The number of rotatable bonds is 6. The van der Waals surface area contributed by atoms with Crippen LogP contribution in [0.2, 0.25) is 0 Å². The number of fused-ring (bicyclic) bond motifs is 3. The van der Waals surface area contributed by atoms with Crippen LogP contribution >= 0.6 is 22.7 Å². The van der Waals surface area contributed by atoms with Crippen LogP contribution in [-0.4, -0.2) is 40.0 Å². The number of hydrogen-bond donors (Lipinski definition) is 2. The van der Waals surface area contributed by atoms with Crippen molar-refractivity contribution in [3.05, 3.63) is 75.0 Å². The number of carbonyl (C=O) groups is 1. The summed E-state index contributed by atoms with van der Waals surface area (Å²) in [4.78, 5) is 18.1. The van der Waals surface area contributed by atoms with Crippen molar-refractivity contribution in [1.82, 2.24) is 14.8 Å². The summed E-state index contributed by atoms with van der Waals surface area (Å²) in [5.74, 6) is -0.675. The Morgan fingerprint density at radius 1 is 1.14 bits per heavy atom. The van der Waals surface area contributed by atoms with Gasteiger partial charge in [-0.2, -0.15) is 0 Å². The zero-order valence-corrected chi connectivity index (χ0v) is 22.3. The van der Waals surface area contributed by atoms with Crippen LogP contribution < -0.4 is 4.72 Å². The number of hydrogen-bond acceptors (Lipinski definition) is 8. The van der Waals surface area contributed by atoms with Gasteiger partial charge in [-0.05, 0) is 56.8 Å². The maximum absolute atomic E-state index is 12.6. The standard InChI is InChI=1S/C24H23N5O4S3/c1-12-14(3)35-23-19(12)21(25-20(13(2)24(30)31)22-27-26-15(4)29(22)23)16-7-9-17(10-8-16)28-36(32,33)18-6-5-11-34-18/h5-11,13,20,28H,1-4H3,(H,30,31)/t13-,20?/m0/s1. The highest BCUT2D eigenvalue weighted by Crippen LogP contribution is 2.40. The van der Waals surface area contributed by atoms with Crippen molar-refractivity contribution in [2.75, 3.05) is 4.72 Å². The molecule has 5 rings (SSSR count). The number of nitrogens with one attached hydrogen (secondary N) is 1. The molecule has 2 atom stereocenters. The lowest BCUT2D eigenvalue weighted by atomic mass is 9.98. The molecule has 0 radical (unpaired) electrons. The Kier molecular flexibility index (Phi) is 6.05. The van der Waals surface area contributed by atoms with Gasteiger partial charge in [0.2, 0.25) is 0 Å². The second-order valence-electron chi connectivity index (χ2n) is 8.57. The fourth-order valence-corrected chi connectivity index (χ4v) is 7.40. The predicted molar refractivity (Wildman–Crippen MR) is 140 cm³/mol. The third-order valence-electron chi connectivity index (χ3n) is 6.22. The van der Waals surface area contributed by atoms with Gasteiger partial charge in [-0.25, -0.2) is 8.42 Å². The van der Waals surface area contributed by atoms with Gasteiger partial charge in [0.15, 0.2) is 5.82 Å². The monoisotopic (exact) mass is 541 g/mol. The highest BCUT2D eigenvalue weighted by Gasteiger charge is 2.36. The number of benzene rings is 1. The molecule has 0 saturated carbocycles. The molecule has 9 nitrogen and oxygen atoms in total. The largest absolute Gasteiger partial charge is 0.481 e. The number of thiophene rings is 2. The van der Waals surface area contributed by atoms with Crippen LogP contribution in [0.4, 0.5) is 5.69 Å². The molecule has 1 aliphatic rings. The highest BCUT2D eigenvalue weighted by molar-refractivity contribution is 7.94. The quantitative estimate of drug-likeness (QED) is 0.363. The van der Waals surface area contributed by atoms with E-state index in [4.69, 9.17) is 4.99 Å². The van der Waals surface area contributed by atoms with Gasteiger partial charge in [0, 0.05) is 21.7 Å². The van der Waals surface area contributed by atoms with Gasteiger partial charge < -0.3 is 5.11 Å². The van der Waals surface area contributed by atoms with E-state index in [0.29, 0.717) is 23.0 Å². The minimum Gasteiger partial charge on any atom is -0.481 e. The molecule has 0 amide bonds. The van der Waals surface area contributed by atoms with Crippen LogP contribution in [0, 0.1) is 26.7 Å². The fourth-order valence-electron chi connectivity index (χ4n) is 4.14. The highest BCUT2D eigenvalue weighted by atomic mass is 32.2. The van der Waals surface area contributed by atoms with Gasteiger partial charge in [-0.1, -0.05) is 18.2 Å². The van der Waals surface area contributed by atoms with Gasteiger partial charge in [0.05, 0.1) is 11.6 Å². The Hall–Kier alpha value is -3.35. The van der Waals surface area contributed by atoms with Crippen molar-refractivity contribution in [2.45, 2.75) is 37.9 Å². The number of aliphatic carboxylic acids is 1. The minimum absolute atomic E-state index is 0.234. The van der Waals surface area contributed by atoms with Gasteiger partial charge in [0.1, 0.15) is 21.1 Å². The number of nitrogens with zero attached hydrogens (tertiary/aromatic N) is 4. The van der Waals surface area contributed by atoms with Crippen LogP contribution in [0.15, 0.2) is 51.0 Å². The first-order valence-electron chi connectivity index (χ1n) is 11.1. The number of aryl methyl sites for hydroxylation is 2. The average Bonchev–Trinajstić information content (AvgIpc) is 3.54. The molecular weight excluding hydrogens is 518 g/mol. The van der Waals surface area contributed by atoms with E-state index >= 15 is 0 Å². The summed E-state index contributed by atoms with van der Waals surface area (Å²) < 4.78 is 30.0. The topological polar surface area (TPSA) is 127 Å². The molecule has 1 aromatic carbocycles. The maximum atomic E-state index is 12.6. The summed E-state index contributed by atoms with van der Waals surface area (Å²) in [5.41, 5.74) is 3.74. The average molecular weight is 542 g/mol. The SMILES string of the molecule is Cc1sc2c(c1C)C(c1ccc(NS(=O)(=O)c3cccs3)cc1)=NC([C@H](C)C(=O)O)c1nnc(C)n1-2. The summed E-state index contributed by atoms with van der Waals surface area (Å²) in [6.45, 7) is 7.50. The summed E-state index contributed by atoms with van der Waals surface area (Å²) in [5, 5.41) is 21.0. The molecular formula is C24H23N5O4S3. The first kappa shape index (κ1) is 24.3. The maximum Gasteiger partial charge on any atom is 0.308 e. The Morgan fingerprint density at radius 2 is 1.86 bits per heavy atom. The summed E-state index contributed by atoms with van der Waals surface area (Å²) in [6, 6.07) is 9.44. The molecule has 186 valence electrons. The van der Waals surface area contributed by atoms with Crippen LogP contribution in [0.1, 0.15) is 46.2 Å². The molecule has 0 fully saturated rings. The predicted octanol–water partition coefficient (Wildman–Crippen LogP) is 4.73. The van der Waals surface area contributed by atoms with E-state index in [-0.39, 0.29) is 4.21 Å². The molecule has 0 saturated heterocycles. The lowest BCUT2D eigenvalue weighted by Gasteiger charge is -2.16. The zero-order valence-electron chi connectivity index (χ0n) is 19.9. The molecule has 3 aromatic heterocycles. The second-order valence-corrected chi connectivity index (χ2v) is 12.6. The molecule has 1 aliphatic heterocycles. The number of anilines is 1. The Balaban J connectivity index is 1.63. The smallest absolute Gasteiger partial charge is 0.308 e. The van der Waals surface area contributed by atoms with Crippen molar-refractivity contribution < 1.29 is 18.3 Å². The van der Waals surface area contributed by atoms with E-state index < -0.39 is 28.0 Å². The number of carboxylic acids is 1. The molecule has 2 N–H and O–H groups in total. The number of sulfonamides is 1. The van der Waals surface area contributed by atoms with E-state index in [1.165, 1.54) is 0 Å². The Morgan fingerprint density at radius 3 is 2.50 bits per heavy atom. The molecule has 12 heteroatoms. The lowest BCUT2D eigenvalue weighted by Crippen LogP contribution is -2.21. The van der Waals surface area contributed by atoms with E-state index in [1.54, 1.807) is 60.0 Å². The van der Waals surface area contributed by atoms with Gasteiger partial charge in [-0.15, -0.1) is 32.9 Å². The van der Waals surface area contributed by atoms with Crippen LogP contribution in [-0.2, 0) is 14.8 Å². The molecule has 1 unspecified atom stereocenters. The number of aromatic nitrogens is 3. The molecule has 36 heavy (non-hydrogen) atoms. The summed E-state index contributed by atoms with van der Waals surface area (Å²) in [6.07, 6.45) is 0. The molecule has 4 aromatic rings. The normalized spacial score (nSPS) is 16.0. The van der Waals surface area contributed by atoms with Gasteiger partial charge in [-0.3, -0.25) is 19.1 Å². The third-order valence-corrected chi connectivity index (χ3v) is 10.2. The van der Waals surface area contributed by atoms with Gasteiger partial charge in [0.25, 0.3) is 10.0 Å². The fraction of sp³-hybridized carbons (Fsp3) is 0.250. The number of carboxylic acid groups (broad SMARTS) is 1. The first-order chi connectivity index (χ1) is 17.1. The van der Waals surface area contributed by atoms with Gasteiger partial charge >= 0.3 is 5.97 Å². The van der Waals surface area contributed by atoms with Crippen molar-refractivity contribution in [3.63, 3.8) is 0 Å². The molecule has 0 bridgehead atoms. The first-order valence-corrected chi connectivity index (χ1v) is 14.3. The molecule has 0 aliphatic carbocycles. The molecule has 4 heterocycles. The molecule has 0 spiro atoms. The van der Waals surface area contributed by atoms with Crippen molar-refractivity contribution in [3.8, 4) is 5.00 Å². The van der Waals surface area contributed by atoms with E-state index in [0.717, 1.165) is 37.9 Å². The zero-order chi connectivity index (χ0) is 25.8. The van der Waals surface area contributed by atoms with Crippen molar-refractivity contribution in [2.24, 2.45) is 10.9 Å². The van der Waals surface area contributed by atoms with E-state index in [1.807, 2.05) is 25.3 Å². The van der Waals surface area contributed by atoms with E-state index in [2.05, 4.69) is 14.9 Å². The Labute approximate surface area is 216 Å². The number of aliphatic imine (C=N–C) groups is 1. The van der Waals surface area contributed by atoms with Crippen molar-refractivity contribution >= 4 is 50.1 Å². The van der Waals surface area contributed by atoms with E-state index in [9.17, 15) is 18.3 Å². The van der Waals surface area contributed by atoms with Crippen molar-refractivity contribution in [1.29, 1.82) is 0 Å².